The standard InChI is InChI=1S/C20H24N2O3/c1-3-4-5-14-25-18-12-10-17(11-13-18)20(24)22-21-19(23)16-8-6-15(2)7-9-16/h6-13H,3-5,14H2,1-2H3,(H,21,23)(H,22,24). The molecular weight excluding hydrogens is 316 g/mol. The smallest absolute Gasteiger partial charge is 0.269 e. The maximum absolute atomic E-state index is 12.1. The number of hydrazine groups is 1. The maximum Gasteiger partial charge on any atom is 0.269 e. The Morgan fingerprint density at radius 3 is 1.88 bits per heavy atom. The number of hydrogen-bond acceptors (Lipinski definition) is 3. The fourth-order valence-corrected chi connectivity index (χ4v) is 2.21. The molecule has 0 bridgehead atoms. The van der Waals surface area contributed by atoms with E-state index in [1.807, 2.05) is 19.1 Å². The second-order valence-corrected chi connectivity index (χ2v) is 5.85. The van der Waals surface area contributed by atoms with Crippen LogP contribution in [0.15, 0.2) is 48.5 Å². The molecule has 2 aromatic rings. The van der Waals surface area contributed by atoms with Crippen LogP contribution in [0.5, 0.6) is 5.75 Å². The molecule has 0 saturated heterocycles. The summed E-state index contributed by atoms with van der Waals surface area (Å²) in [4.78, 5) is 24.0. The molecule has 2 amide bonds. The van der Waals surface area contributed by atoms with Gasteiger partial charge >= 0.3 is 0 Å². The molecule has 2 N–H and O–H groups in total. The van der Waals surface area contributed by atoms with Crippen LogP contribution in [0.25, 0.3) is 0 Å². The summed E-state index contributed by atoms with van der Waals surface area (Å²) in [5.74, 6) is -0.00133. The number of carbonyl (C=O) groups excluding carboxylic acids is 2. The first-order chi connectivity index (χ1) is 12.1. The van der Waals surface area contributed by atoms with E-state index in [-0.39, 0.29) is 11.8 Å². The Kier molecular flexibility index (Phi) is 7.01. The summed E-state index contributed by atoms with van der Waals surface area (Å²) in [6.07, 6.45) is 3.31. The fourth-order valence-electron chi connectivity index (χ4n) is 2.21. The predicted octanol–water partition coefficient (Wildman–Crippen LogP) is 3.64. The molecule has 0 aliphatic heterocycles. The van der Waals surface area contributed by atoms with Crippen molar-refractivity contribution in [1.82, 2.24) is 10.9 Å². The number of amides is 2. The van der Waals surface area contributed by atoms with Crippen LogP contribution < -0.4 is 15.6 Å². The van der Waals surface area contributed by atoms with Crippen molar-refractivity contribution in [3.8, 4) is 5.75 Å². The van der Waals surface area contributed by atoms with Crippen molar-refractivity contribution >= 4 is 11.8 Å². The summed E-state index contributed by atoms with van der Waals surface area (Å²) in [5.41, 5.74) is 6.83. The molecule has 0 heterocycles. The third-order valence-corrected chi connectivity index (χ3v) is 3.74. The summed E-state index contributed by atoms with van der Waals surface area (Å²) >= 11 is 0. The van der Waals surface area contributed by atoms with E-state index < -0.39 is 0 Å². The Hall–Kier alpha value is -2.82. The van der Waals surface area contributed by atoms with Gasteiger partial charge in [0.05, 0.1) is 6.61 Å². The van der Waals surface area contributed by atoms with Gasteiger partial charge in [-0.25, -0.2) is 0 Å². The molecule has 0 fully saturated rings. The van der Waals surface area contributed by atoms with Gasteiger partial charge in [0.1, 0.15) is 5.75 Å². The summed E-state index contributed by atoms with van der Waals surface area (Å²) < 4.78 is 5.61. The van der Waals surface area contributed by atoms with Crippen LogP contribution in [-0.4, -0.2) is 18.4 Å². The molecular formula is C20H24N2O3. The van der Waals surface area contributed by atoms with Gasteiger partial charge in [-0.15, -0.1) is 0 Å². The molecule has 25 heavy (non-hydrogen) atoms. The summed E-state index contributed by atoms with van der Waals surface area (Å²) in [6, 6.07) is 13.9. The Balaban J connectivity index is 1.82. The summed E-state index contributed by atoms with van der Waals surface area (Å²) in [5, 5.41) is 0. The molecule has 2 aromatic carbocycles. The highest BCUT2D eigenvalue weighted by atomic mass is 16.5. The van der Waals surface area contributed by atoms with Crippen LogP contribution in [0, 0.1) is 6.92 Å². The van der Waals surface area contributed by atoms with Crippen molar-refractivity contribution in [2.24, 2.45) is 0 Å². The highest BCUT2D eigenvalue weighted by molar-refractivity contribution is 5.99. The van der Waals surface area contributed by atoms with E-state index >= 15 is 0 Å². The van der Waals surface area contributed by atoms with Crippen molar-refractivity contribution < 1.29 is 14.3 Å². The topological polar surface area (TPSA) is 67.4 Å². The molecule has 132 valence electrons. The van der Waals surface area contributed by atoms with E-state index in [1.54, 1.807) is 36.4 Å². The monoisotopic (exact) mass is 340 g/mol. The van der Waals surface area contributed by atoms with Crippen molar-refractivity contribution in [3.05, 3.63) is 65.2 Å². The van der Waals surface area contributed by atoms with Gasteiger partial charge in [0.25, 0.3) is 11.8 Å². The lowest BCUT2D eigenvalue weighted by atomic mass is 10.1. The summed E-state index contributed by atoms with van der Waals surface area (Å²) in [6.45, 7) is 4.76. The number of benzene rings is 2. The van der Waals surface area contributed by atoms with E-state index in [1.165, 1.54) is 0 Å². The number of aryl methyl sites for hydroxylation is 1. The third-order valence-electron chi connectivity index (χ3n) is 3.74. The van der Waals surface area contributed by atoms with E-state index in [4.69, 9.17) is 4.74 Å². The van der Waals surface area contributed by atoms with E-state index in [9.17, 15) is 9.59 Å². The van der Waals surface area contributed by atoms with Gasteiger partial charge in [-0.3, -0.25) is 20.4 Å². The second-order valence-electron chi connectivity index (χ2n) is 5.85. The zero-order valence-electron chi connectivity index (χ0n) is 14.7. The van der Waals surface area contributed by atoms with Crippen LogP contribution in [0.4, 0.5) is 0 Å². The molecule has 0 spiro atoms. The van der Waals surface area contributed by atoms with E-state index in [2.05, 4.69) is 17.8 Å². The average Bonchev–Trinajstić information content (AvgIpc) is 2.64. The van der Waals surface area contributed by atoms with Gasteiger partial charge in [-0.05, 0) is 49.7 Å². The lowest BCUT2D eigenvalue weighted by molar-refractivity contribution is 0.0846. The van der Waals surface area contributed by atoms with Gasteiger partial charge in [-0.1, -0.05) is 37.5 Å². The SMILES string of the molecule is CCCCCOc1ccc(C(=O)NNC(=O)c2ccc(C)cc2)cc1. The number of unbranched alkanes of at least 4 members (excludes halogenated alkanes) is 2. The predicted molar refractivity (Wildman–Crippen MR) is 97.6 cm³/mol. The minimum Gasteiger partial charge on any atom is -0.494 e. The Bertz CT molecular complexity index is 694. The minimum absolute atomic E-state index is 0.357. The molecule has 0 saturated carbocycles. The molecule has 0 unspecified atom stereocenters. The van der Waals surface area contributed by atoms with Gasteiger partial charge in [0, 0.05) is 11.1 Å². The van der Waals surface area contributed by atoms with Crippen molar-refractivity contribution in [3.63, 3.8) is 0 Å². The zero-order chi connectivity index (χ0) is 18.1. The van der Waals surface area contributed by atoms with Crippen LogP contribution >= 0.6 is 0 Å². The van der Waals surface area contributed by atoms with Gasteiger partial charge in [-0.2, -0.15) is 0 Å². The largest absolute Gasteiger partial charge is 0.494 e. The minimum atomic E-state index is -0.377. The van der Waals surface area contributed by atoms with Gasteiger partial charge in [0.2, 0.25) is 0 Å². The first kappa shape index (κ1) is 18.5. The fraction of sp³-hybridized carbons (Fsp3) is 0.300. The highest BCUT2D eigenvalue weighted by Crippen LogP contribution is 2.13. The van der Waals surface area contributed by atoms with Crippen molar-refractivity contribution in [1.29, 1.82) is 0 Å². The number of rotatable bonds is 7. The number of ether oxygens (including phenoxy) is 1. The Labute approximate surface area is 148 Å². The van der Waals surface area contributed by atoms with Crippen molar-refractivity contribution in [2.45, 2.75) is 33.1 Å². The first-order valence-corrected chi connectivity index (χ1v) is 8.50. The Morgan fingerprint density at radius 1 is 0.840 bits per heavy atom. The van der Waals surface area contributed by atoms with Gasteiger partial charge < -0.3 is 4.74 Å². The molecule has 0 aliphatic rings. The normalized spacial score (nSPS) is 10.2. The molecule has 5 nitrogen and oxygen atoms in total. The molecule has 0 aromatic heterocycles. The van der Waals surface area contributed by atoms with E-state index in [0.717, 1.165) is 30.6 Å². The third kappa shape index (κ3) is 5.95. The van der Waals surface area contributed by atoms with Crippen LogP contribution in [-0.2, 0) is 0 Å². The zero-order valence-corrected chi connectivity index (χ0v) is 14.7. The molecule has 5 heteroatoms. The lowest BCUT2D eigenvalue weighted by Gasteiger charge is -2.09. The quantitative estimate of drug-likeness (QED) is 0.597. The Morgan fingerprint density at radius 2 is 1.36 bits per heavy atom. The van der Waals surface area contributed by atoms with Crippen LogP contribution in [0.2, 0.25) is 0 Å². The average molecular weight is 340 g/mol. The lowest BCUT2D eigenvalue weighted by Crippen LogP contribution is -2.41. The summed E-state index contributed by atoms with van der Waals surface area (Å²) in [7, 11) is 0. The first-order valence-electron chi connectivity index (χ1n) is 8.50. The maximum atomic E-state index is 12.1. The van der Waals surface area contributed by atoms with Crippen molar-refractivity contribution in [2.75, 3.05) is 6.61 Å². The number of carbonyl (C=O) groups is 2. The molecule has 0 radical (unpaired) electrons. The molecule has 0 aliphatic carbocycles. The molecule has 2 rings (SSSR count). The number of nitrogens with one attached hydrogen (secondary N) is 2. The number of hydrogen-bond donors (Lipinski definition) is 2. The van der Waals surface area contributed by atoms with Crippen LogP contribution in [0.1, 0.15) is 52.5 Å². The second kappa shape index (κ2) is 9.47. The van der Waals surface area contributed by atoms with Gasteiger partial charge in [0.15, 0.2) is 0 Å². The van der Waals surface area contributed by atoms with E-state index in [0.29, 0.717) is 17.7 Å². The highest BCUT2D eigenvalue weighted by Gasteiger charge is 2.09. The van der Waals surface area contributed by atoms with Crippen LogP contribution in [0.3, 0.4) is 0 Å². The molecule has 0 atom stereocenters.